The molecule has 1 atom stereocenters. The van der Waals surface area contributed by atoms with Crippen LogP contribution in [-0.4, -0.2) is 48.1 Å². The summed E-state index contributed by atoms with van der Waals surface area (Å²) in [5.41, 5.74) is 3.38. The van der Waals surface area contributed by atoms with Crippen LogP contribution < -0.4 is 10.6 Å². The first-order valence-corrected chi connectivity index (χ1v) is 10.5. The molecule has 1 aliphatic heterocycles. The molecule has 28 heavy (non-hydrogen) atoms. The van der Waals surface area contributed by atoms with E-state index >= 15 is 0 Å². The molecule has 1 saturated heterocycles. The van der Waals surface area contributed by atoms with Crippen LogP contribution in [0.15, 0.2) is 53.7 Å². The number of nitrogens with one attached hydrogen (secondary N) is 2. The molecular formula is C23H31N5. The fraction of sp³-hybridized carbons (Fsp3) is 0.478. The normalized spacial score (nSPS) is 21.2. The third-order valence-electron chi connectivity index (χ3n) is 5.97. The number of likely N-dealkylation sites (tertiary alicyclic amines) is 1. The van der Waals surface area contributed by atoms with Crippen molar-refractivity contribution in [3.63, 3.8) is 0 Å². The van der Waals surface area contributed by atoms with Crippen LogP contribution in [0, 0.1) is 0 Å². The predicted molar refractivity (Wildman–Crippen MR) is 115 cm³/mol. The summed E-state index contributed by atoms with van der Waals surface area (Å²) in [5, 5.41) is 7.10. The second kappa shape index (κ2) is 9.20. The smallest absolute Gasteiger partial charge is 0.191 e. The second-order valence-electron chi connectivity index (χ2n) is 7.90. The Bertz CT molecular complexity index is 783. The third kappa shape index (κ3) is 4.71. The first kappa shape index (κ1) is 18.9. The van der Waals surface area contributed by atoms with E-state index < -0.39 is 0 Å². The van der Waals surface area contributed by atoms with Crippen LogP contribution in [0.25, 0.3) is 11.3 Å². The van der Waals surface area contributed by atoms with Gasteiger partial charge >= 0.3 is 0 Å². The zero-order valence-electron chi connectivity index (χ0n) is 16.8. The van der Waals surface area contributed by atoms with Crippen molar-refractivity contribution >= 4 is 5.96 Å². The summed E-state index contributed by atoms with van der Waals surface area (Å²) in [6, 6.07) is 15.9. The van der Waals surface area contributed by atoms with Crippen LogP contribution in [-0.2, 0) is 6.54 Å². The number of benzene rings is 1. The standard InChI is InChI=1S/C23H31N5/c1-24-23(27-20-12-14-28(17-20)21-9-2-3-10-21)26-16-18-7-6-8-19(15-18)22-11-4-5-13-25-22/h4-8,11,13,15,20-21H,2-3,9-10,12,14,16-17H2,1H3,(H2,24,26,27). The Kier molecular flexibility index (Phi) is 6.22. The van der Waals surface area contributed by atoms with Crippen molar-refractivity contribution in [1.29, 1.82) is 0 Å². The lowest BCUT2D eigenvalue weighted by atomic mass is 10.1. The molecule has 0 amide bonds. The lowest BCUT2D eigenvalue weighted by molar-refractivity contribution is 0.242. The fourth-order valence-corrected chi connectivity index (χ4v) is 4.45. The van der Waals surface area contributed by atoms with Crippen molar-refractivity contribution in [2.45, 2.75) is 50.7 Å². The third-order valence-corrected chi connectivity index (χ3v) is 5.97. The first-order chi connectivity index (χ1) is 13.8. The van der Waals surface area contributed by atoms with Gasteiger partial charge in [-0.15, -0.1) is 0 Å². The molecule has 5 heteroatoms. The van der Waals surface area contributed by atoms with Crippen molar-refractivity contribution in [3.8, 4) is 11.3 Å². The number of hydrogen-bond donors (Lipinski definition) is 2. The molecule has 0 spiro atoms. The SMILES string of the molecule is CN=C(NCc1cccc(-c2ccccn2)c1)NC1CCN(C2CCCC2)C1. The van der Waals surface area contributed by atoms with E-state index in [9.17, 15) is 0 Å². The van der Waals surface area contributed by atoms with Crippen molar-refractivity contribution in [2.24, 2.45) is 4.99 Å². The summed E-state index contributed by atoms with van der Waals surface area (Å²) in [6.45, 7) is 3.10. The zero-order valence-corrected chi connectivity index (χ0v) is 16.8. The summed E-state index contributed by atoms with van der Waals surface area (Å²) >= 11 is 0. The molecule has 0 radical (unpaired) electrons. The van der Waals surface area contributed by atoms with Crippen LogP contribution in [0.4, 0.5) is 0 Å². The average Bonchev–Trinajstić information content (AvgIpc) is 3.44. The molecule has 148 valence electrons. The number of rotatable bonds is 5. The van der Waals surface area contributed by atoms with Gasteiger partial charge in [-0.2, -0.15) is 0 Å². The second-order valence-corrected chi connectivity index (χ2v) is 7.90. The molecule has 0 bridgehead atoms. The van der Waals surface area contributed by atoms with Gasteiger partial charge in [-0.3, -0.25) is 14.9 Å². The number of aromatic nitrogens is 1. The highest BCUT2D eigenvalue weighted by atomic mass is 15.3. The molecule has 2 N–H and O–H groups in total. The molecular weight excluding hydrogens is 346 g/mol. The largest absolute Gasteiger partial charge is 0.352 e. The van der Waals surface area contributed by atoms with E-state index in [2.05, 4.69) is 49.8 Å². The minimum atomic E-state index is 0.492. The van der Waals surface area contributed by atoms with Gasteiger partial charge in [0.2, 0.25) is 0 Å². The molecule has 2 fully saturated rings. The number of pyridine rings is 1. The van der Waals surface area contributed by atoms with Gasteiger partial charge in [0.1, 0.15) is 0 Å². The predicted octanol–water partition coefficient (Wildman–Crippen LogP) is 3.43. The Morgan fingerprint density at radius 3 is 2.82 bits per heavy atom. The quantitative estimate of drug-likeness (QED) is 0.619. The molecule has 2 heterocycles. The number of hydrogen-bond acceptors (Lipinski definition) is 3. The Hall–Kier alpha value is -2.40. The van der Waals surface area contributed by atoms with E-state index in [0.717, 1.165) is 36.3 Å². The van der Waals surface area contributed by atoms with E-state index in [1.54, 1.807) is 0 Å². The van der Waals surface area contributed by atoms with Crippen LogP contribution in [0.2, 0.25) is 0 Å². The van der Waals surface area contributed by atoms with Gasteiger partial charge in [0.25, 0.3) is 0 Å². The molecule has 2 aliphatic rings. The topological polar surface area (TPSA) is 52.6 Å². The van der Waals surface area contributed by atoms with E-state index in [1.807, 2.05) is 31.4 Å². The van der Waals surface area contributed by atoms with Crippen LogP contribution in [0.5, 0.6) is 0 Å². The highest BCUT2D eigenvalue weighted by molar-refractivity contribution is 5.80. The van der Waals surface area contributed by atoms with Crippen molar-refractivity contribution in [2.75, 3.05) is 20.1 Å². The Morgan fingerprint density at radius 2 is 2.04 bits per heavy atom. The van der Waals surface area contributed by atoms with E-state index in [1.165, 1.54) is 44.2 Å². The van der Waals surface area contributed by atoms with Crippen LogP contribution >= 0.6 is 0 Å². The van der Waals surface area contributed by atoms with Gasteiger partial charge < -0.3 is 10.6 Å². The maximum Gasteiger partial charge on any atom is 0.191 e. The molecule has 1 saturated carbocycles. The Morgan fingerprint density at radius 1 is 1.14 bits per heavy atom. The van der Waals surface area contributed by atoms with Gasteiger partial charge in [-0.05, 0) is 43.0 Å². The minimum absolute atomic E-state index is 0.492. The highest BCUT2D eigenvalue weighted by Gasteiger charge is 2.30. The molecule has 4 rings (SSSR count). The first-order valence-electron chi connectivity index (χ1n) is 10.5. The Balaban J connectivity index is 1.30. The van der Waals surface area contributed by atoms with Gasteiger partial charge in [-0.1, -0.05) is 37.1 Å². The lowest BCUT2D eigenvalue weighted by Gasteiger charge is -2.24. The van der Waals surface area contributed by atoms with Gasteiger partial charge in [-0.25, -0.2) is 0 Å². The fourth-order valence-electron chi connectivity index (χ4n) is 4.45. The maximum atomic E-state index is 4.45. The monoisotopic (exact) mass is 377 g/mol. The van der Waals surface area contributed by atoms with Gasteiger partial charge in [0.15, 0.2) is 5.96 Å². The van der Waals surface area contributed by atoms with Gasteiger partial charge in [0.05, 0.1) is 5.69 Å². The summed E-state index contributed by atoms with van der Waals surface area (Å²) in [7, 11) is 1.85. The van der Waals surface area contributed by atoms with Crippen LogP contribution in [0.1, 0.15) is 37.7 Å². The van der Waals surface area contributed by atoms with Crippen molar-refractivity contribution < 1.29 is 0 Å². The highest BCUT2D eigenvalue weighted by Crippen LogP contribution is 2.26. The van der Waals surface area contributed by atoms with Crippen molar-refractivity contribution in [3.05, 3.63) is 54.2 Å². The van der Waals surface area contributed by atoms with Crippen molar-refractivity contribution in [1.82, 2.24) is 20.5 Å². The molecule has 1 aromatic carbocycles. The van der Waals surface area contributed by atoms with E-state index in [0.29, 0.717) is 6.04 Å². The number of guanidine groups is 1. The molecule has 1 aromatic heterocycles. The summed E-state index contributed by atoms with van der Waals surface area (Å²) < 4.78 is 0. The molecule has 5 nitrogen and oxygen atoms in total. The lowest BCUT2D eigenvalue weighted by Crippen LogP contribution is -2.45. The van der Waals surface area contributed by atoms with E-state index in [4.69, 9.17) is 0 Å². The average molecular weight is 378 g/mol. The zero-order chi connectivity index (χ0) is 19.2. The molecule has 1 unspecified atom stereocenters. The van der Waals surface area contributed by atoms with E-state index in [-0.39, 0.29) is 0 Å². The maximum absolute atomic E-state index is 4.45. The molecule has 1 aliphatic carbocycles. The number of aliphatic imine (C=N–C) groups is 1. The van der Waals surface area contributed by atoms with Crippen LogP contribution in [0.3, 0.4) is 0 Å². The van der Waals surface area contributed by atoms with Gasteiger partial charge in [0, 0.05) is 50.5 Å². The summed E-state index contributed by atoms with van der Waals surface area (Å²) in [6.07, 6.45) is 8.60. The Labute approximate surface area is 168 Å². The minimum Gasteiger partial charge on any atom is -0.352 e. The summed E-state index contributed by atoms with van der Waals surface area (Å²) in [5.74, 6) is 0.890. The molecule has 2 aromatic rings. The summed E-state index contributed by atoms with van der Waals surface area (Å²) in [4.78, 5) is 11.6. The number of nitrogens with zero attached hydrogens (tertiary/aromatic N) is 3.